The summed E-state index contributed by atoms with van der Waals surface area (Å²) in [6.45, 7) is 0. The van der Waals surface area contributed by atoms with Gasteiger partial charge in [0.2, 0.25) is 0 Å². The zero-order valence-corrected chi connectivity index (χ0v) is 19.7. The number of anilines is 3. The molecule has 0 saturated heterocycles. The van der Waals surface area contributed by atoms with Gasteiger partial charge in [-0.05, 0) is 30.3 Å². The lowest BCUT2D eigenvalue weighted by atomic mass is 9.82. The molecule has 0 amide bonds. The van der Waals surface area contributed by atoms with Gasteiger partial charge in [-0.2, -0.15) is 8.42 Å². The van der Waals surface area contributed by atoms with E-state index in [0.29, 0.717) is 0 Å². The summed E-state index contributed by atoms with van der Waals surface area (Å²) in [7, 11) is -8.44. The van der Waals surface area contributed by atoms with Crippen molar-refractivity contribution < 1.29 is 31.0 Å². The molecule has 3 aromatic carbocycles. The third-order valence-electron chi connectivity index (χ3n) is 5.32. The van der Waals surface area contributed by atoms with E-state index in [-0.39, 0.29) is 50.2 Å². The second-order valence-electron chi connectivity index (χ2n) is 7.42. The number of nitrogens with one attached hydrogen (secondary N) is 1. The molecule has 1 aliphatic carbocycles. The maximum absolute atomic E-state index is 13.3. The summed E-state index contributed by atoms with van der Waals surface area (Å²) in [5.41, 5.74) is 5.26. The number of carbonyl (C=O) groups is 2. The van der Waals surface area contributed by atoms with Crippen LogP contribution in [0.2, 0.25) is 0 Å². The zero-order valence-electron chi connectivity index (χ0n) is 17.3. The molecule has 4 rings (SSSR count). The summed E-state index contributed by atoms with van der Waals surface area (Å²) in [5.74, 6) is -1.56. The average Bonchev–Trinajstić information content (AvgIpc) is 2.78. The Hall–Kier alpha value is -3.25. The maximum atomic E-state index is 13.3. The molecule has 0 unspecified atom stereocenters. The van der Waals surface area contributed by atoms with Gasteiger partial charge >= 0.3 is 0 Å². The van der Waals surface area contributed by atoms with E-state index in [1.165, 1.54) is 36.4 Å². The molecule has 9 nitrogen and oxygen atoms in total. The van der Waals surface area contributed by atoms with Crippen molar-refractivity contribution in [2.45, 2.75) is 9.79 Å². The fourth-order valence-corrected chi connectivity index (χ4v) is 5.97. The number of hydrogen-bond donors (Lipinski definition) is 3. The average molecular weight is 521 g/mol. The molecule has 0 atom stereocenters. The van der Waals surface area contributed by atoms with Gasteiger partial charge in [-0.25, -0.2) is 8.42 Å². The van der Waals surface area contributed by atoms with E-state index in [4.69, 9.17) is 17.3 Å². The lowest BCUT2D eigenvalue weighted by Crippen LogP contribution is -2.25. The van der Waals surface area contributed by atoms with Crippen LogP contribution >= 0.6 is 11.6 Å². The summed E-state index contributed by atoms with van der Waals surface area (Å²) in [5, 5.41) is 2.84. The monoisotopic (exact) mass is 520 g/mol. The minimum Gasteiger partial charge on any atom is -0.397 e. The highest BCUT2D eigenvalue weighted by atomic mass is 35.5. The zero-order chi connectivity index (χ0) is 24.8. The largest absolute Gasteiger partial charge is 0.397 e. The third-order valence-corrected chi connectivity index (χ3v) is 8.35. The predicted molar refractivity (Wildman–Crippen MR) is 126 cm³/mol. The predicted octanol–water partition coefficient (Wildman–Crippen LogP) is 3.05. The van der Waals surface area contributed by atoms with Crippen LogP contribution in [0.1, 0.15) is 31.8 Å². The van der Waals surface area contributed by atoms with E-state index in [0.717, 1.165) is 6.07 Å². The number of nitrogens with two attached hydrogens (primary N) is 1. The molecular weight excluding hydrogens is 504 g/mol. The first kappa shape index (κ1) is 23.9. The molecule has 0 aromatic heterocycles. The number of nitrogen functional groups attached to an aromatic ring is 1. The van der Waals surface area contributed by atoms with Crippen molar-refractivity contribution >= 4 is 60.2 Å². The highest BCUT2D eigenvalue weighted by Gasteiger charge is 2.36. The molecule has 0 heterocycles. The number of hydrogen-bond acceptors (Lipinski definition) is 8. The Morgan fingerprint density at radius 1 is 0.882 bits per heavy atom. The van der Waals surface area contributed by atoms with Crippen LogP contribution in [0.5, 0.6) is 0 Å². The van der Waals surface area contributed by atoms with Crippen LogP contribution in [-0.2, 0) is 20.0 Å². The fraction of sp³-hybridized carbons (Fsp3) is 0.0909. The molecule has 0 saturated carbocycles. The van der Waals surface area contributed by atoms with Crippen molar-refractivity contribution in [3.05, 3.63) is 76.9 Å². The summed E-state index contributed by atoms with van der Waals surface area (Å²) in [4.78, 5) is 25.7. The molecule has 0 spiro atoms. The first-order chi connectivity index (χ1) is 16.0. The third kappa shape index (κ3) is 4.07. The Labute approximate surface area is 200 Å². The van der Waals surface area contributed by atoms with Crippen LogP contribution in [0.3, 0.4) is 0 Å². The second kappa shape index (κ2) is 8.51. The van der Waals surface area contributed by atoms with E-state index < -0.39 is 42.1 Å². The smallest absolute Gasteiger partial charge is 0.296 e. The van der Waals surface area contributed by atoms with E-state index in [1.807, 2.05) is 0 Å². The number of sulfone groups is 1. The van der Waals surface area contributed by atoms with E-state index in [2.05, 4.69) is 5.32 Å². The molecule has 34 heavy (non-hydrogen) atoms. The summed E-state index contributed by atoms with van der Waals surface area (Å²) in [6, 6.07) is 12.4. The molecule has 0 radical (unpaired) electrons. The summed E-state index contributed by atoms with van der Waals surface area (Å²) < 4.78 is 58.0. The van der Waals surface area contributed by atoms with Gasteiger partial charge < -0.3 is 11.1 Å². The SMILES string of the molecule is Nc1c(S(=O)(=O)O)cc(Nc2ccc(S(=O)(=O)CCCl)cc2)c2c1C(=O)c1ccccc1C2=O. The molecule has 176 valence electrons. The van der Waals surface area contributed by atoms with Crippen molar-refractivity contribution in [1.29, 1.82) is 0 Å². The van der Waals surface area contributed by atoms with Crippen LogP contribution in [0.4, 0.5) is 17.1 Å². The number of benzene rings is 3. The van der Waals surface area contributed by atoms with Gasteiger partial charge in [0.05, 0.1) is 33.2 Å². The standard InChI is InChI=1S/C22H17ClN2O7S2/c23-9-10-33(28,29)13-7-5-12(6-8-13)25-16-11-17(34(30,31)32)20(24)19-18(16)21(26)14-3-1-2-4-15(14)22(19)27/h1-8,11,25H,9-10,24H2,(H,30,31,32). The molecule has 1 aliphatic rings. The van der Waals surface area contributed by atoms with Gasteiger partial charge in [-0.3, -0.25) is 14.1 Å². The molecule has 3 aromatic rings. The first-order valence-electron chi connectivity index (χ1n) is 9.74. The van der Waals surface area contributed by atoms with Crippen molar-refractivity contribution in [3.8, 4) is 0 Å². The van der Waals surface area contributed by atoms with Crippen molar-refractivity contribution in [3.63, 3.8) is 0 Å². The normalized spacial score (nSPS) is 13.4. The first-order valence-corrected chi connectivity index (χ1v) is 13.4. The topological polar surface area (TPSA) is 161 Å². The Bertz CT molecular complexity index is 1570. The molecule has 12 heteroatoms. The lowest BCUT2D eigenvalue weighted by Gasteiger charge is -2.23. The highest BCUT2D eigenvalue weighted by molar-refractivity contribution is 7.91. The highest BCUT2D eigenvalue weighted by Crippen LogP contribution is 2.40. The number of alkyl halides is 1. The van der Waals surface area contributed by atoms with Gasteiger partial charge in [-0.1, -0.05) is 24.3 Å². The molecule has 0 bridgehead atoms. The van der Waals surface area contributed by atoms with Gasteiger partial charge in [0.15, 0.2) is 21.4 Å². The molecular formula is C22H17ClN2O7S2. The number of rotatable bonds is 6. The van der Waals surface area contributed by atoms with Crippen LogP contribution in [0.15, 0.2) is 64.4 Å². The Balaban J connectivity index is 1.89. The minimum absolute atomic E-state index is 0.0249. The van der Waals surface area contributed by atoms with Crippen molar-refractivity contribution in [2.75, 3.05) is 22.7 Å². The second-order valence-corrected chi connectivity index (χ2v) is 11.3. The minimum atomic E-state index is -4.85. The van der Waals surface area contributed by atoms with Gasteiger partial charge in [0.25, 0.3) is 10.1 Å². The number of halogens is 1. The van der Waals surface area contributed by atoms with E-state index >= 15 is 0 Å². The van der Waals surface area contributed by atoms with Crippen molar-refractivity contribution in [1.82, 2.24) is 0 Å². The molecule has 0 fully saturated rings. The van der Waals surface area contributed by atoms with E-state index in [1.54, 1.807) is 12.1 Å². The Kier molecular flexibility index (Phi) is 5.98. The Morgan fingerprint density at radius 3 is 1.97 bits per heavy atom. The van der Waals surface area contributed by atoms with Crippen LogP contribution in [0.25, 0.3) is 0 Å². The van der Waals surface area contributed by atoms with Crippen molar-refractivity contribution in [2.24, 2.45) is 0 Å². The van der Waals surface area contributed by atoms with E-state index in [9.17, 15) is 31.0 Å². The van der Waals surface area contributed by atoms with Gasteiger partial charge in [0.1, 0.15) is 4.90 Å². The molecule has 0 aliphatic heterocycles. The lowest BCUT2D eigenvalue weighted by molar-refractivity contribution is 0.0980. The maximum Gasteiger partial charge on any atom is 0.296 e. The summed E-state index contributed by atoms with van der Waals surface area (Å²) >= 11 is 5.54. The number of fused-ring (bicyclic) bond motifs is 2. The molecule has 4 N–H and O–H groups in total. The van der Waals surface area contributed by atoms with Crippen LogP contribution < -0.4 is 11.1 Å². The van der Waals surface area contributed by atoms with Crippen LogP contribution in [0, 0.1) is 0 Å². The van der Waals surface area contributed by atoms with Gasteiger partial charge in [0, 0.05) is 22.7 Å². The number of carbonyl (C=O) groups excluding carboxylic acids is 2. The fourth-order valence-electron chi connectivity index (χ4n) is 3.73. The van der Waals surface area contributed by atoms with Gasteiger partial charge in [-0.15, -0.1) is 11.6 Å². The quantitative estimate of drug-likeness (QED) is 0.197. The number of ketones is 2. The Morgan fingerprint density at radius 2 is 1.44 bits per heavy atom. The van der Waals surface area contributed by atoms with Crippen LogP contribution in [-0.4, -0.2) is 44.6 Å². The summed E-state index contributed by atoms with van der Waals surface area (Å²) in [6.07, 6.45) is 0.